The standard InChI is InChI=1S/C9H18N2O/c1-3-10-4-2-8(1)7-12-9-5-11-6-9/h8-11H,1-7H2. The average molecular weight is 170 g/mol. The van der Waals surface area contributed by atoms with E-state index in [9.17, 15) is 0 Å². The molecule has 0 aromatic heterocycles. The molecule has 0 aliphatic carbocycles. The zero-order valence-electron chi connectivity index (χ0n) is 7.51. The summed E-state index contributed by atoms with van der Waals surface area (Å²) in [7, 11) is 0. The third-order valence-corrected chi connectivity index (χ3v) is 2.77. The Bertz CT molecular complexity index is 130. The van der Waals surface area contributed by atoms with Crippen LogP contribution >= 0.6 is 0 Å². The lowest BCUT2D eigenvalue weighted by Crippen LogP contribution is -2.49. The number of rotatable bonds is 3. The fraction of sp³-hybridized carbons (Fsp3) is 1.00. The molecule has 2 rings (SSSR count). The Morgan fingerprint density at radius 1 is 1.08 bits per heavy atom. The molecule has 0 amide bonds. The van der Waals surface area contributed by atoms with Gasteiger partial charge in [-0.3, -0.25) is 0 Å². The maximum absolute atomic E-state index is 5.73. The van der Waals surface area contributed by atoms with Gasteiger partial charge in [0, 0.05) is 19.7 Å². The van der Waals surface area contributed by atoms with Crippen molar-refractivity contribution in [2.24, 2.45) is 5.92 Å². The van der Waals surface area contributed by atoms with E-state index in [4.69, 9.17) is 4.74 Å². The molecule has 3 heteroatoms. The van der Waals surface area contributed by atoms with Crippen LogP contribution in [0.25, 0.3) is 0 Å². The van der Waals surface area contributed by atoms with Crippen molar-refractivity contribution in [2.45, 2.75) is 18.9 Å². The highest BCUT2D eigenvalue weighted by atomic mass is 16.5. The Kier molecular flexibility index (Phi) is 2.98. The van der Waals surface area contributed by atoms with Gasteiger partial charge in [0.2, 0.25) is 0 Å². The lowest BCUT2D eigenvalue weighted by atomic mass is 9.99. The van der Waals surface area contributed by atoms with Crippen LogP contribution in [0.2, 0.25) is 0 Å². The summed E-state index contributed by atoms with van der Waals surface area (Å²) in [6.45, 7) is 5.46. The highest BCUT2D eigenvalue weighted by Gasteiger charge is 2.20. The molecule has 2 aliphatic rings. The Labute approximate surface area is 73.9 Å². The second-order valence-corrected chi connectivity index (χ2v) is 3.81. The largest absolute Gasteiger partial charge is 0.375 e. The quantitative estimate of drug-likeness (QED) is 0.624. The lowest BCUT2D eigenvalue weighted by Gasteiger charge is -2.30. The van der Waals surface area contributed by atoms with Gasteiger partial charge in [-0.1, -0.05) is 0 Å². The van der Waals surface area contributed by atoms with Gasteiger partial charge in [0.05, 0.1) is 6.10 Å². The summed E-state index contributed by atoms with van der Waals surface area (Å²) in [4.78, 5) is 0. The van der Waals surface area contributed by atoms with Crippen molar-refractivity contribution in [3.05, 3.63) is 0 Å². The van der Waals surface area contributed by atoms with Gasteiger partial charge in [-0.2, -0.15) is 0 Å². The van der Waals surface area contributed by atoms with E-state index in [1.807, 2.05) is 0 Å². The van der Waals surface area contributed by atoms with E-state index in [0.717, 1.165) is 25.6 Å². The molecule has 2 heterocycles. The van der Waals surface area contributed by atoms with Crippen molar-refractivity contribution in [2.75, 3.05) is 32.8 Å². The van der Waals surface area contributed by atoms with Gasteiger partial charge in [0.25, 0.3) is 0 Å². The maximum atomic E-state index is 5.73. The van der Waals surface area contributed by atoms with Gasteiger partial charge in [-0.25, -0.2) is 0 Å². The second kappa shape index (κ2) is 4.21. The van der Waals surface area contributed by atoms with Crippen LogP contribution in [0.15, 0.2) is 0 Å². The van der Waals surface area contributed by atoms with E-state index in [-0.39, 0.29) is 0 Å². The normalized spacial score (nSPS) is 27.0. The summed E-state index contributed by atoms with van der Waals surface area (Å²) in [6, 6.07) is 0. The molecule has 0 spiro atoms. The number of nitrogens with one attached hydrogen (secondary N) is 2. The van der Waals surface area contributed by atoms with Gasteiger partial charge in [-0.05, 0) is 31.8 Å². The molecule has 2 saturated heterocycles. The van der Waals surface area contributed by atoms with Gasteiger partial charge in [-0.15, -0.1) is 0 Å². The third-order valence-electron chi connectivity index (χ3n) is 2.77. The summed E-state index contributed by atoms with van der Waals surface area (Å²) < 4.78 is 5.73. The van der Waals surface area contributed by atoms with Gasteiger partial charge in [0.15, 0.2) is 0 Å². The molecule has 0 saturated carbocycles. The van der Waals surface area contributed by atoms with Crippen LogP contribution in [0.5, 0.6) is 0 Å². The minimum absolute atomic E-state index is 0.514. The molecule has 0 atom stereocenters. The van der Waals surface area contributed by atoms with E-state index in [1.54, 1.807) is 0 Å². The number of hydrogen-bond donors (Lipinski definition) is 2. The summed E-state index contributed by atoms with van der Waals surface area (Å²) in [6.07, 6.45) is 3.10. The Morgan fingerprint density at radius 3 is 2.42 bits per heavy atom. The van der Waals surface area contributed by atoms with Crippen LogP contribution in [0.1, 0.15) is 12.8 Å². The molecule has 0 radical (unpaired) electrons. The molecule has 3 nitrogen and oxygen atoms in total. The van der Waals surface area contributed by atoms with E-state index in [1.165, 1.54) is 25.9 Å². The number of hydrogen-bond acceptors (Lipinski definition) is 3. The van der Waals surface area contributed by atoms with Crippen LogP contribution in [0.3, 0.4) is 0 Å². The minimum Gasteiger partial charge on any atom is -0.375 e. The Morgan fingerprint density at radius 2 is 1.83 bits per heavy atom. The molecular formula is C9H18N2O. The molecule has 70 valence electrons. The van der Waals surface area contributed by atoms with E-state index in [2.05, 4.69) is 10.6 Å². The smallest absolute Gasteiger partial charge is 0.0823 e. The van der Waals surface area contributed by atoms with Crippen molar-refractivity contribution >= 4 is 0 Å². The van der Waals surface area contributed by atoms with Crippen molar-refractivity contribution < 1.29 is 4.74 Å². The molecule has 2 aliphatic heterocycles. The maximum Gasteiger partial charge on any atom is 0.0823 e. The zero-order chi connectivity index (χ0) is 8.23. The van der Waals surface area contributed by atoms with E-state index < -0.39 is 0 Å². The molecule has 2 fully saturated rings. The molecule has 0 aromatic carbocycles. The fourth-order valence-corrected chi connectivity index (χ4v) is 1.70. The molecule has 12 heavy (non-hydrogen) atoms. The van der Waals surface area contributed by atoms with Crippen LogP contribution < -0.4 is 10.6 Å². The molecule has 2 N–H and O–H groups in total. The zero-order valence-corrected chi connectivity index (χ0v) is 7.51. The third kappa shape index (κ3) is 2.19. The van der Waals surface area contributed by atoms with Gasteiger partial charge >= 0.3 is 0 Å². The van der Waals surface area contributed by atoms with E-state index >= 15 is 0 Å². The van der Waals surface area contributed by atoms with E-state index in [0.29, 0.717) is 6.10 Å². The summed E-state index contributed by atoms with van der Waals surface area (Å²) in [5.74, 6) is 0.812. The van der Waals surface area contributed by atoms with Crippen LogP contribution in [0.4, 0.5) is 0 Å². The van der Waals surface area contributed by atoms with Crippen molar-refractivity contribution in [1.82, 2.24) is 10.6 Å². The highest BCUT2D eigenvalue weighted by molar-refractivity contribution is 4.76. The van der Waals surface area contributed by atoms with Crippen LogP contribution in [-0.2, 0) is 4.74 Å². The van der Waals surface area contributed by atoms with Crippen LogP contribution in [0, 0.1) is 5.92 Å². The molecular weight excluding hydrogens is 152 g/mol. The minimum atomic E-state index is 0.514. The van der Waals surface area contributed by atoms with Crippen LogP contribution in [-0.4, -0.2) is 38.9 Å². The first-order valence-corrected chi connectivity index (χ1v) is 4.98. The SMILES string of the molecule is C1CC(COC2CNC2)CCN1. The predicted molar refractivity (Wildman–Crippen MR) is 48.2 cm³/mol. The van der Waals surface area contributed by atoms with Crippen molar-refractivity contribution in [3.8, 4) is 0 Å². The van der Waals surface area contributed by atoms with Gasteiger partial charge < -0.3 is 15.4 Å². The first kappa shape index (κ1) is 8.48. The highest BCUT2D eigenvalue weighted by Crippen LogP contribution is 2.13. The first-order valence-electron chi connectivity index (χ1n) is 4.98. The van der Waals surface area contributed by atoms with Crippen molar-refractivity contribution in [1.29, 1.82) is 0 Å². The lowest BCUT2D eigenvalue weighted by molar-refractivity contribution is -0.00563. The summed E-state index contributed by atoms with van der Waals surface area (Å²) in [5.41, 5.74) is 0. The average Bonchev–Trinajstić information content (AvgIpc) is 2.04. The Balaban J connectivity index is 1.58. The summed E-state index contributed by atoms with van der Waals surface area (Å²) in [5, 5.41) is 6.57. The van der Waals surface area contributed by atoms with Gasteiger partial charge in [0.1, 0.15) is 0 Å². The second-order valence-electron chi connectivity index (χ2n) is 3.81. The summed E-state index contributed by atoms with van der Waals surface area (Å²) >= 11 is 0. The topological polar surface area (TPSA) is 33.3 Å². The Hall–Kier alpha value is -0.120. The number of ether oxygens (including phenoxy) is 1. The fourth-order valence-electron chi connectivity index (χ4n) is 1.70. The first-order chi connectivity index (χ1) is 5.95. The van der Waals surface area contributed by atoms with Crippen molar-refractivity contribution in [3.63, 3.8) is 0 Å². The predicted octanol–water partition coefficient (Wildman–Crippen LogP) is -0.0256. The molecule has 0 bridgehead atoms. The number of piperidine rings is 1. The molecule has 0 unspecified atom stereocenters. The molecule has 0 aromatic rings. The monoisotopic (exact) mass is 170 g/mol.